The van der Waals surface area contributed by atoms with Gasteiger partial charge in [-0.2, -0.15) is 5.10 Å². The third-order valence-electron chi connectivity index (χ3n) is 3.01. The predicted molar refractivity (Wildman–Crippen MR) is 82.0 cm³/mol. The van der Waals surface area contributed by atoms with E-state index in [2.05, 4.69) is 25.8 Å². The summed E-state index contributed by atoms with van der Waals surface area (Å²) >= 11 is 3.37. The Hall–Kier alpha value is -1.54. The number of nitrogens with two attached hydrogens (primary N) is 1. The molecule has 0 saturated heterocycles. The summed E-state index contributed by atoms with van der Waals surface area (Å²) in [6.07, 6.45) is 0. The molecule has 3 N–H and O–H groups in total. The van der Waals surface area contributed by atoms with Gasteiger partial charge in [-0.25, -0.2) is 8.42 Å². The lowest BCUT2D eigenvalue weighted by Gasteiger charge is -2.11. The van der Waals surface area contributed by atoms with Crippen LogP contribution in [0.2, 0.25) is 0 Å². The van der Waals surface area contributed by atoms with Crippen LogP contribution in [0.25, 0.3) is 0 Å². The molecule has 108 valence electrons. The average molecular weight is 359 g/mol. The second-order valence-electron chi connectivity index (χ2n) is 4.47. The summed E-state index contributed by atoms with van der Waals surface area (Å²) in [6.45, 7) is 3.54. The van der Waals surface area contributed by atoms with Crippen molar-refractivity contribution in [1.82, 2.24) is 9.78 Å². The average Bonchev–Trinajstić information content (AvgIpc) is 2.59. The summed E-state index contributed by atoms with van der Waals surface area (Å²) in [4.78, 5) is 0.00778. The number of sulfonamides is 1. The molecular formula is C12H15BrN4O2S. The third-order valence-corrected chi connectivity index (χ3v) is 5.59. The fourth-order valence-corrected chi connectivity index (χ4v) is 3.76. The molecule has 1 aromatic carbocycles. The SMILES string of the molecule is Cc1cccc(NS(=O)(=O)c2c(N)nn(C)c2C)c1Br. The Morgan fingerprint density at radius 3 is 2.55 bits per heavy atom. The first-order valence-electron chi connectivity index (χ1n) is 5.81. The number of aromatic nitrogens is 2. The highest BCUT2D eigenvalue weighted by Gasteiger charge is 2.25. The van der Waals surface area contributed by atoms with E-state index in [0.717, 1.165) is 5.56 Å². The molecule has 0 bridgehead atoms. The van der Waals surface area contributed by atoms with Crippen molar-refractivity contribution in [2.45, 2.75) is 18.7 Å². The topological polar surface area (TPSA) is 90.0 Å². The van der Waals surface area contributed by atoms with Crippen molar-refractivity contribution in [3.8, 4) is 0 Å². The lowest BCUT2D eigenvalue weighted by Crippen LogP contribution is -2.15. The van der Waals surface area contributed by atoms with Crippen LogP contribution >= 0.6 is 15.9 Å². The van der Waals surface area contributed by atoms with Crippen molar-refractivity contribution in [2.24, 2.45) is 7.05 Å². The number of rotatable bonds is 3. The first-order valence-corrected chi connectivity index (χ1v) is 8.08. The smallest absolute Gasteiger partial charge is 0.267 e. The van der Waals surface area contributed by atoms with Gasteiger partial charge < -0.3 is 5.73 Å². The van der Waals surface area contributed by atoms with Gasteiger partial charge in [-0.3, -0.25) is 9.40 Å². The minimum absolute atomic E-state index is 0.00778. The van der Waals surface area contributed by atoms with Gasteiger partial charge in [0.05, 0.1) is 11.4 Å². The number of nitrogen functional groups attached to an aromatic ring is 1. The van der Waals surface area contributed by atoms with Crippen molar-refractivity contribution in [2.75, 3.05) is 10.5 Å². The van der Waals surface area contributed by atoms with E-state index in [-0.39, 0.29) is 10.7 Å². The maximum Gasteiger partial charge on any atom is 0.267 e. The Kier molecular flexibility index (Phi) is 3.79. The number of aryl methyl sites for hydroxylation is 2. The van der Waals surface area contributed by atoms with Crippen LogP contribution in [0.3, 0.4) is 0 Å². The molecule has 0 aliphatic rings. The van der Waals surface area contributed by atoms with Crippen LogP contribution in [0.1, 0.15) is 11.3 Å². The summed E-state index contributed by atoms with van der Waals surface area (Å²) in [5.74, 6) is -0.0127. The van der Waals surface area contributed by atoms with Crippen LogP contribution in [0.5, 0.6) is 0 Å². The van der Waals surface area contributed by atoms with E-state index in [1.807, 2.05) is 13.0 Å². The molecule has 1 heterocycles. The molecule has 20 heavy (non-hydrogen) atoms. The Balaban J connectivity index is 2.49. The zero-order valence-corrected chi connectivity index (χ0v) is 13.7. The monoisotopic (exact) mass is 358 g/mol. The quantitative estimate of drug-likeness (QED) is 0.879. The Morgan fingerprint density at radius 2 is 2.00 bits per heavy atom. The Morgan fingerprint density at radius 1 is 1.35 bits per heavy atom. The molecule has 0 amide bonds. The molecule has 0 fully saturated rings. The molecule has 0 aliphatic heterocycles. The number of hydrogen-bond acceptors (Lipinski definition) is 4. The van der Waals surface area contributed by atoms with Gasteiger partial charge in [0, 0.05) is 11.5 Å². The van der Waals surface area contributed by atoms with Gasteiger partial charge in [-0.1, -0.05) is 12.1 Å². The van der Waals surface area contributed by atoms with Gasteiger partial charge in [0.25, 0.3) is 10.0 Å². The zero-order chi connectivity index (χ0) is 15.1. The van der Waals surface area contributed by atoms with Crippen LogP contribution in [0.4, 0.5) is 11.5 Å². The highest BCUT2D eigenvalue weighted by atomic mass is 79.9. The maximum atomic E-state index is 12.5. The van der Waals surface area contributed by atoms with Crippen molar-refractivity contribution in [3.05, 3.63) is 33.9 Å². The van der Waals surface area contributed by atoms with E-state index >= 15 is 0 Å². The van der Waals surface area contributed by atoms with Gasteiger partial charge in [-0.05, 0) is 41.4 Å². The van der Waals surface area contributed by atoms with Crippen molar-refractivity contribution in [1.29, 1.82) is 0 Å². The lowest BCUT2D eigenvalue weighted by molar-refractivity contribution is 0.600. The molecule has 0 spiro atoms. The Bertz CT molecular complexity index is 768. The molecule has 0 aliphatic carbocycles. The minimum atomic E-state index is -3.78. The largest absolute Gasteiger partial charge is 0.381 e. The molecule has 1 aromatic heterocycles. The highest BCUT2D eigenvalue weighted by Crippen LogP contribution is 2.30. The molecule has 8 heteroatoms. The van der Waals surface area contributed by atoms with Gasteiger partial charge in [-0.15, -0.1) is 0 Å². The van der Waals surface area contributed by atoms with E-state index in [1.165, 1.54) is 4.68 Å². The molecule has 0 saturated carbocycles. The predicted octanol–water partition coefficient (Wildman–Crippen LogP) is 2.18. The first-order chi connectivity index (χ1) is 9.24. The summed E-state index contributed by atoms with van der Waals surface area (Å²) in [5.41, 5.74) is 7.57. The molecule has 0 unspecified atom stereocenters. The van der Waals surface area contributed by atoms with E-state index in [0.29, 0.717) is 15.9 Å². The molecular weight excluding hydrogens is 344 g/mol. The maximum absolute atomic E-state index is 12.5. The summed E-state index contributed by atoms with van der Waals surface area (Å²) in [7, 11) is -2.14. The van der Waals surface area contributed by atoms with Crippen LogP contribution in [0.15, 0.2) is 27.6 Å². The zero-order valence-electron chi connectivity index (χ0n) is 11.3. The first kappa shape index (κ1) is 14.9. The van der Waals surface area contributed by atoms with E-state index < -0.39 is 10.0 Å². The third kappa shape index (κ3) is 2.53. The number of nitrogens with one attached hydrogen (secondary N) is 1. The van der Waals surface area contributed by atoms with E-state index in [9.17, 15) is 8.42 Å². The lowest BCUT2D eigenvalue weighted by atomic mass is 10.2. The standard InChI is InChI=1S/C12H15BrN4O2S/c1-7-5-4-6-9(10(7)13)16-20(18,19)11-8(2)17(3)15-12(11)14/h4-6,16H,1-3H3,(H2,14,15). The van der Waals surface area contributed by atoms with Crippen molar-refractivity contribution >= 4 is 37.5 Å². The summed E-state index contributed by atoms with van der Waals surface area (Å²) in [5, 5.41) is 3.92. The van der Waals surface area contributed by atoms with Crippen LogP contribution < -0.4 is 10.5 Å². The second kappa shape index (κ2) is 5.10. The van der Waals surface area contributed by atoms with Gasteiger partial charge in [0.15, 0.2) is 10.7 Å². The van der Waals surface area contributed by atoms with Crippen molar-refractivity contribution in [3.63, 3.8) is 0 Å². The van der Waals surface area contributed by atoms with Crippen LogP contribution in [0, 0.1) is 13.8 Å². The Labute approximate surface area is 126 Å². The molecule has 2 aromatic rings. The number of nitrogens with zero attached hydrogens (tertiary/aromatic N) is 2. The number of halogens is 1. The fourth-order valence-electron chi connectivity index (χ4n) is 1.87. The highest BCUT2D eigenvalue weighted by molar-refractivity contribution is 9.10. The van der Waals surface area contributed by atoms with E-state index in [4.69, 9.17) is 5.73 Å². The van der Waals surface area contributed by atoms with Gasteiger partial charge >= 0.3 is 0 Å². The van der Waals surface area contributed by atoms with Crippen LogP contribution in [-0.4, -0.2) is 18.2 Å². The van der Waals surface area contributed by atoms with Gasteiger partial charge in [0.1, 0.15) is 0 Å². The molecule has 0 atom stereocenters. The normalized spacial score (nSPS) is 11.6. The van der Waals surface area contributed by atoms with Crippen LogP contribution in [-0.2, 0) is 17.1 Å². The number of anilines is 2. The molecule has 0 radical (unpaired) electrons. The number of hydrogen-bond donors (Lipinski definition) is 2. The number of benzene rings is 1. The van der Waals surface area contributed by atoms with Gasteiger partial charge in [0.2, 0.25) is 0 Å². The second-order valence-corrected chi connectivity index (χ2v) is 6.88. The molecule has 6 nitrogen and oxygen atoms in total. The minimum Gasteiger partial charge on any atom is -0.381 e. The molecule has 2 rings (SSSR count). The fraction of sp³-hybridized carbons (Fsp3) is 0.250. The summed E-state index contributed by atoms with van der Waals surface area (Å²) in [6, 6.07) is 5.33. The summed E-state index contributed by atoms with van der Waals surface area (Å²) < 4.78 is 29.6. The van der Waals surface area contributed by atoms with E-state index in [1.54, 1.807) is 26.1 Å². The van der Waals surface area contributed by atoms with Crippen molar-refractivity contribution < 1.29 is 8.42 Å².